The second-order valence-corrected chi connectivity index (χ2v) is 4.28. The monoisotopic (exact) mass is 198 g/mol. The van der Waals surface area contributed by atoms with Crippen LogP contribution in [0.1, 0.15) is 19.8 Å². The average molecular weight is 198 g/mol. The Morgan fingerprint density at radius 1 is 1.50 bits per heavy atom. The number of carbonyl (C=O) groups is 1. The van der Waals surface area contributed by atoms with Crippen LogP contribution < -0.4 is 10.6 Å². The van der Waals surface area contributed by atoms with E-state index in [2.05, 4.69) is 17.6 Å². The first-order valence-electron chi connectivity index (χ1n) is 5.39. The SMILES string of the molecule is CC1COCC1NC(=O)[C@@H]1CCCN1. The largest absolute Gasteiger partial charge is 0.379 e. The molecule has 2 rings (SSSR count). The van der Waals surface area contributed by atoms with Gasteiger partial charge in [-0.25, -0.2) is 0 Å². The highest BCUT2D eigenvalue weighted by Gasteiger charge is 2.29. The van der Waals surface area contributed by atoms with Gasteiger partial charge in [-0.3, -0.25) is 4.79 Å². The summed E-state index contributed by atoms with van der Waals surface area (Å²) in [6, 6.07) is 0.243. The van der Waals surface area contributed by atoms with Crippen molar-refractivity contribution in [2.24, 2.45) is 5.92 Å². The van der Waals surface area contributed by atoms with Crippen LogP contribution in [0.2, 0.25) is 0 Å². The van der Waals surface area contributed by atoms with Gasteiger partial charge in [0.05, 0.1) is 25.3 Å². The molecule has 2 unspecified atom stereocenters. The van der Waals surface area contributed by atoms with Gasteiger partial charge in [0, 0.05) is 5.92 Å². The molecular weight excluding hydrogens is 180 g/mol. The van der Waals surface area contributed by atoms with E-state index in [0.717, 1.165) is 26.0 Å². The Labute approximate surface area is 84.4 Å². The highest BCUT2D eigenvalue weighted by Crippen LogP contribution is 2.13. The lowest BCUT2D eigenvalue weighted by atomic mass is 10.1. The molecule has 0 bridgehead atoms. The number of nitrogens with one attached hydrogen (secondary N) is 2. The van der Waals surface area contributed by atoms with E-state index in [4.69, 9.17) is 4.74 Å². The predicted molar refractivity (Wildman–Crippen MR) is 52.9 cm³/mol. The van der Waals surface area contributed by atoms with Crippen LogP contribution in [-0.2, 0) is 9.53 Å². The van der Waals surface area contributed by atoms with Crippen LogP contribution in [0.15, 0.2) is 0 Å². The number of ether oxygens (including phenoxy) is 1. The Morgan fingerprint density at radius 2 is 2.36 bits per heavy atom. The third-order valence-corrected chi connectivity index (χ3v) is 3.07. The van der Waals surface area contributed by atoms with Crippen LogP contribution >= 0.6 is 0 Å². The van der Waals surface area contributed by atoms with E-state index in [1.54, 1.807) is 0 Å². The molecule has 2 heterocycles. The highest BCUT2D eigenvalue weighted by molar-refractivity contribution is 5.82. The zero-order valence-electron chi connectivity index (χ0n) is 8.58. The second-order valence-electron chi connectivity index (χ2n) is 4.28. The molecule has 2 N–H and O–H groups in total. The second kappa shape index (κ2) is 4.28. The lowest BCUT2D eigenvalue weighted by Gasteiger charge is -2.18. The fraction of sp³-hybridized carbons (Fsp3) is 0.900. The van der Waals surface area contributed by atoms with Crippen LogP contribution in [0.3, 0.4) is 0 Å². The summed E-state index contributed by atoms with van der Waals surface area (Å²) in [5, 5.41) is 6.24. The Kier molecular flexibility index (Phi) is 3.03. The van der Waals surface area contributed by atoms with Crippen molar-refractivity contribution in [3.05, 3.63) is 0 Å². The quantitative estimate of drug-likeness (QED) is 0.651. The van der Waals surface area contributed by atoms with Gasteiger partial charge in [-0.2, -0.15) is 0 Å². The Bertz CT molecular complexity index is 214. The van der Waals surface area contributed by atoms with Crippen molar-refractivity contribution in [3.63, 3.8) is 0 Å². The van der Waals surface area contributed by atoms with E-state index in [-0.39, 0.29) is 18.0 Å². The fourth-order valence-electron chi connectivity index (χ4n) is 2.04. The first-order chi connectivity index (χ1) is 6.77. The lowest BCUT2D eigenvalue weighted by molar-refractivity contribution is -0.123. The van der Waals surface area contributed by atoms with Gasteiger partial charge in [-0.1, -0.05) is 6.92 Å². The molecule has 2 saturated heterocycles. The summed E-state index contributed by atoms with van der Waals surface area (Å²) in [5.41, 5.74) is 0. The minimum Gasteiger partial charge on any atom is -0.379 e. The normalized spacial score (nSPS) is 37.4. The summed E-state index contributed by atoms with van der Waals surface area (Å²) < 4.78 is 5.30. The number of hydrogen-bond acceptors (Lipinski definition) is 3. The molecule has 0 aromatic carbocycles. The van der Waals surface area contributed by atoms with E-state index in [1.807, 2.05) is 0 Å². The van der Waals surface area contributed by atoms with Crippen LogP contribution in [0.4, 0.5) is 0 Å². The molecule has 14 heavy (non-hydrogen) atoms. The van der Waals surface area contributed by atoms with Gasteiger partial charge >= 0.3 is 0 Å². The molecule has 2 aliphatic rings. The number of rotatable bonds is 2. The van der Waals surface area contributed by atoms with Crippen molar-refractivity contribution in [3.8, 4) is 0 Å². The Morgan fingerprint density at radius 3 is 2.93 bits per heavy atom. The molecule has 2 aliphatic heterocycles. The standard InChI is InChI=1S/C10H18N2O2/c1-7-5-14-6-9(7)12-10(13)8-3-2-4-11-8/h7-9,11H,2-6H2,1H3,(H,12,13)/t7?,8-,9?/m0/s1. The van der Waals surface area contributed by atoms with Crippen molar-refractivity contribution >= 4 is 5.91 Å². The molecule has 4 heteroatoms. The van der Waals surface area contributed by atoms with Gasteiger partial charge in [-0.05, 0) is 19.4 Å². The summed E-state index contributed by atoms with van der Waals surface area (Å²) in [6.07, 6.45) is 2.07. The molecule has 2 fully saturated rings. The maximum absolute atomic E-state index is 11.7. The van der Waals surface area contributed by atoms with Crippen molar-refractivity contribution in [2.45, 2.75) is 31.8 Å². The molecule has 0 aliphatic carbocycles. The van der Waals surface area contributed by atoms with Crippen molar-refractivity contribution in [2.75, 3.05) is 19.8 Å². The van der Waals surface area contributed by atoms with E-state index < -0.39 is 0 Å². The van der Waals surface area contributed by atoms with Crippen molar-refractivity contribution in [1.29, 1.82) is 0 Å². The van der Waals surface area contributed by atoms with Gasteiger partial charge in [0.15, 0.2) is 0 Å². The van der Waals surface area contributed by atoms with Gasteiger partial charge in [0.1, 0.15) is 0 Å². The van der Waals surface area contributed by atoms with Crippen LogP contribution in [0.5, 0.6) is 0 Å². The predicted octanol–water partition coefficient (Wildman–Crippen LogP) is -0.110. The molecule has 4 nitrogen and oxygen atoms in total. The summed E-state index contributed by atoms with van der Waals surface area (Å²) in [4.78, 5) is 11.7. The van der Waals surface area contributed by atoms with Crippen molar-refractivity contribution < 1.29 is 9.53 Å². The van der Waals surface area contributed by atoms with E-state index in [9.17, 15) is 4.79 Å². The summed E-state index contributed by atoms with van der Waals surface area (Å²) in [6.45, 7) is 4.51. The number of carbonyl (C=O) groups excluding carboxylic acids is 1. The number of hydrogen-bond donors (Lipinski definition) is 2. The van der Waals surface area contributed by atoms with E-state index >= 15 is 0 Å². The van der Waals surface area contributed by atoms with Gasteiger partial charge < -0.3 is 15.4 Å². The fourth-order valence-corrected chi connectivity index (χ4v) is 2.04. The summed E-state index contributed by atoms with van der Waals surface area (Å²) in [7, 11) is 0. The van der Waals surface area contributed by atoms with Gasteiger partial charge in [-0.15, -0.1) is 0 Å². The molecular formula is C10H18N2O2. The topological polar surface area (TPSA) is 50.4 Å². The maximum atomic E-state index is 11.7. The maximum Gasteiger partial charge on any atom is 0.237 e. The average Bonchev–Trinajstić information content (AvgIpc) is 2.77. The van der Waals surface area contributed by atoms with E-state index in [1.165, 1.54) is 0 Å². The van der Waals surface area contributed by atoms with Crippen LogP contribution in [0.25, 0.3) is 0 Å². The first kappa shape index (κ1) is 9.93. The molecule has 0 spiro atoms. The van der Waals surface area contributed by atoms with Gasteiger partial charge in [0.2, 0.25) is 5.91 Å². The molecule has 0 aromatic heterocycles. The molecule has 0 radical (unpaired) electrons. The summed E-state index contributed by atoms with van der Waals surface area (Å²) in [5.74, 6) is 0.588. The smallest absolute Gasteiger partial charge is 0.237 e. The lowest BCUT2D eigenvalue weighted by Crippen LogP contribution is -2.47. The first-order valence-corrected chi connectivity index (χ1v) is 5.39. The molecule has 1 amide bonds. The molecule has 0 saturated carbocycles. The third-order valence-electron chi connectivity index (χ3n) is 3.07. The van der Waals surface area contributed by atoms with Crippen LogP contribution in [0, 0.1) is 5.92 Å². The highest BCUT2D eigenvalue weighted by atomic mass is 16.5. The molecule has 3 atom stereocenters. The molecule has 0 aromatic rings. The van der Waals surface area contributed by atoms with E-state index in [0.29, 0.717) is 12.5 Å². The van der Waals surface area contributed by atoms with Gasteiger partial charge in [0.25, 0.3) is 0 Å². The Hall–Kier alpha value is -0.610. The minimum absolute atomic E-state index is 0.0304. The van der Waals surface area contributed by atoms with Crippen LogP contribution in [-0.4, -0.2) is 37.7 Å². The third kappa shape index (κ3) is 2.07. The molecule has 80 valence electrons. The zero-order chi connectivity index (χ0) is 9.97. The number of amides is 1. The Balaban J connectivity index is 1.81. The zero-order valence-corrected chi connectivity index (χ0v) is 8.58. The summed E-state index contributed by atoms with van der Waals surface area (Å²) >= 11 is 0. The van der Waals surface area contributed by atoms with Crippen molar-refractivity contribution in [1.82, 2.24) is 10.6 Å². The minimum atomic E-state index is 0.0304.